The number of carbonyl (C=O) groups is 1. The van der Waals surface area contributed by atoms with Crippen LogP contribution in [0.5, 0.6) is 0 Å². The lowest BCUT2D eigenvalue weighted by Gasteiger charge is -2.18. The Labute approximate surface area is 123 Å². The van der Waals surface area contributed by atoms with Gasteiger partial charge in [-0.05, 0) is 30.4 Å². The third kappa shape index (κ3) is 4.18. The summed E-state index contributed by atoms with van der Waals surface area (Å²) in [7, 11) is 0. The standard InChI is InChI=1S/C16H19NO2S/c1-12(18)9-10-15(19)17-16(14-8-5-11-20-14)13-6-3-2-4-7-13/h2-8,11-12,16,18H,9-10H2,1H3,(H,17,19). The van der Waals surface area contributed by atoms with Crippen molar-refractivity contribution in [1.82, 2.24) is 5.32 Å². The second kappa shape index (κ2) is 7.22. The maximum Gasteiger partial charge on any atom is 0.220 e. The zero-order valence-electron chi connectivity index (χ0n) is 11.5. The fourth-order valence-corrected chi connectivity index (χ4v) is 2.80. The molecule has 0 radical (unpaired) electrons. The highest BCUT2D eigenvalue weighted by molar-refractivity contribution is 7.10. The normalized spacial score (nSPS) is 13.7. The van der Waals surface area contributed by atoms with Gasteiger partial charge >= 0.3 is 0 Å². The SMILES string of the molecule is CC(O)CCC(=O)NC(c1ccccc1)c1cccs1. The van der Waals surface area contributed by atoms with E-state index in [1.807, 2.05) is 47.8 Å². The van der Waals surface area contributed by atoms with Gasteiger partial charge in [0.05, 0.1) is 12.1 Å². The molecule has 106 valence electrons. The van der Waals surface area contributed by atoms with E-state index in [1.165, 1.54) is 0 Å². The lowest BCUT2D eigenvalue weighted by molar-refractivity contribution is -0.122. The Kier molecular flexibility index (Phi) is 5.32. The van der Waals surface area contributed by atoms with Crippen LogP contribution in [0.4, 0.5) is 0 Å². The molecule has 1 aromatic carbocycles. The predicted molar refractivity (Wildman–Crippen MR) is 81.7 cm³/mol. The molecule has 0 aliphatic carbocycles. The van der Waals surface area contributed by atoms with E-state index in [1.54, 1.807) is 18.3 Å². The van der Waals surface area contributed by atoms with Gasteiger partial charge in [0.25, 0.3) is 0 Å². The van der Waals surface area contributed by atoms with E-state index in [4.69, 9.17) is 0 Å². The highest BCUT2D eigenvalue weighted by Crippen LogP contribution is 2.26. The average molecular weight is 289 g/mol. The first-order valence-electron chi connectivity index (χ1n) is 6.72. The van der Waals surface area contributed by atoms with Crippen LogP contribution < -0.4 is 5.32 Å². The van der Waals surface area contributed by atoms with Crippen molar-refractivity contribution in [3.63, 3.8) is 0 Å². The molecule has 0 saturated heterocycles. The molecular formula is C16H19NO2S. The molecule has 1 heterocycles. The van der Waals surface area contributed by atoms with Crippen molar-refractivity contribution in [2.75, 3.05) is 0 Å². The van der Waals surface area contributed by atoms with E-state index < -0.39 is 6.10 Å². The summed E-state index contributed by atoms with van der Waals surface area (Å²) in [4.78, 5) is 13.1. The van der Waals surface area contributed by atoms with Gasteiger partial charge in [0.1, 0.15) is 0 Å². The van der Waals surface area contributed by atoms with Crippen LogP contribution in [-0.2, 0) is 4.79 Å². The number of thiophene rings is 1. The molecule has 0 aliphatic heterocycles. The van der Waals surface area contributed by atoms with Crippen LogP contribution in [0.25, 0.3) is 0 Å². The molecule has 2 unspecified atom stereocenters. The lowest BCUT2D eigenvalue weighted by atomic mass is 10.0. The van der Waals surface area contributed by atoms with Crippen LogP contribution in [0.1, 0.15) is 36.2 Å². The third-order valence-electron chi connectivity index (χ3n) is 3.06. The van der Waals surface area contributed by atoms with Crippen LogP contribution in [-0.4, -0.2) is 17.1 Å². The highest BCUT2D eigenvalue weighted by Gasteiger charge is 2.17. The van der Waals surface area contributed by atoms with Gasteiger partial charge in [-0.2, -0.15) is 0 Å². The largest absolute Gasteiger partial charge is 0.393 e. The summed E-state index contributed by atoms with van der Waals surface area (Å²) in [5, 5.41) is 14.3. The van der Waals surface area contributed by atoms with Crippen molar-refractivity contribution < 1.29 is 9.90 Å². The molecular weight excluding hydrogens is 270 g/mol. The molecule has 1 aromatic heterocycles. The number of benzene rings is 1. The predicted octanol–water partition coefficient (Wildman–Crippen LogP) is 3.11. The van der Waals surface area contributed by atoms with Crippen molar-refractivity contribution in [2.24, 2.45) is 0 Å². The molecule has 2 atom stereocenters. The number of aliphatic hydroxyl groups excluding tert-OH is 1. The van der Waals surface area contributed by atoms with E-state index in [0.29, 0.717) is 12.8 Å². The van der Waals surface area contributed by atoms with E-state index in [9.17, 15) is 9.90 Å². The third-order valence-corrected chi connectivity index (χ3v) is 3.99. The minimum atomic E-state index is -0.447. The first-order valence-corrected chi connectivity index (χ1v) is 7.60. The quantitative estimate of drug-likeness (QED) is 0.858. The molecule has 0 aliphatic rings. The number of hydrogen-bond acceptors (Lipinski definition) is 3. The van der Waals surface area contributed by atoms with Crippen LogP contribution in [0.3, 0.4) is 0 Å². The summed E-state index contributed by atoms with van der Waals surface area (Å²) in [6.45, 7) is 1.70. The maximum atomic E-state index is 12.0. The molecule has 0 saturated carbocycles. The minimum absolute atomic E-state index is 0.0341. The van der Waals surface area contributed by atoms with E-state index in [-0.39, 0.29) is 11.9 Å². The highest BCUT2D eigenvalue weighted by atomic mass is 32.1. The van der Waals surface area contributed by atoms with Gasteiger partial charge < -0.3 is 10.4 Å². The van der Waals surface area contributed by atoms with Crippen molar-refractivity contribution in [2.45, 2.75) is 31.9 Å². The average Bonchev–Trinajstić information content (AvgIpc) is 2.97. The fraction of sp³-hybridized carbons (Fsp3) is 0.312. The van der Waals surface area contributed by atoms with Crippen LogP contribution >= 0.6 is 11.3 Å². The number of rotatable bonds is 6. The van der Waals surface area contributed by atoms with E-state index >= 15 is 0 Å². The molecule has 3 nitrogen and oxygen atoms in total. The first-order chi connectivity index (χ1) is 9.66. The van der Waals surface area contributed by atoms with Crippen LogP contribution in [0, 0.1) is 0 Å². The Balaban J connectivity index is 2.10. The fourth-order valence-electron chi connectivity index (χ4n) is 1.99. The molecule has 4 heteroatoms. The number of amides is 1. The Morgan fingerprint density at radius 3 is 2.60 bits per heavy atom. The van der Waals surface area contributed by atoms with Gasteiger partial charge in [-0.25, -0.2) is 0 Å². The van der Waals surface area contributed by atoms with Crippen molar-refractivity contribution in [1.29, 1.82) is 0 Å². The summed E-state index contributed by atoms with van der Waals surface area (Å²) in [6.07, 6.45) is 0.377. The molecule has 2 aromatic rings. The number of aliphatic hydroxyl groups is 1. The molecule has 20 heavy (non-hydrogen) atoms. The molecule has 2 N–H and O–H groups in total. The second-order valence-corrected chi connectivity index (χ2v) is 5.79. The molecule has 2 rings (SSSR count). The molecule has 0 fully saturated rings. The van der Waals surface area contributed by atoms with Crippen molar-refractivity contribution >= 4 is 17.2 Å². The molecule has 0 bridgehead atoms. The minimum Gasteiger partial charge on any atom is -0.393 e. The monoisotopic (exact) mass is 289 g/mol. The summed E-state index contributed by atoms with van der Waals surface area (Å²) >= 11 is 1.63. The van der Waals surface area contributed by atoms with Crippen LogP contribution in [0.2, 0.25) is 0 Å². The second-order valence-electron chi connectivity index (χ2n) is 4.81. The zero-order chi connectivity index (χ0) is 14.4. The Morgan fingerprint density at radius 1 is 1.25 bits per heavy atom. The molecule has 1 amide bonds. The smallest absolute Gasteiger partial charge is 0.220 e. The summed E-state index contributed by atoms with van der Waals surface area (Å²) < 4.78 is 0. The summed E-state index contributed by atoms with van der Waals surface area (Å²) in [5.41, 5.74) is 1.07. The maximum absolute atomic E-state index is 12.0. The molecule has 0 spiro atoms. The Bertz CT molecular complexity index is 523. The van der Waals surface area contributed by atoms with Gasteiger partial charge in [0.15, 0.2) is 0 Å². The van der Waals surface area contributed by atoms with Gasteiger partial charge in [-0.15, -0.1) is 11.3 Å². The van der Waals surface area contributed by atoms with Crippen LogP contribution in [0.15, 0.2) is 47.8 Å². The van der Waals surface area contributed by atoms with E-state index in [2.05, 4.69) is 5.32 Å². The first kappa shape index (κ1) is 14.8. The van der Waals surface area contributed by atoms with E-state index in [0.717, 1.165) is 10.4 Å². The Hall–Kier alpha value is -1.65. The Morgan fingerprint density at radius 2 is 2.00 bits per heavy atom. The van der Waals surface area contributed by atoms with Gasteiger partial charge in [-0.1, -0.05) is 36.4 Å². The van der Waals surface area contributed by atoms with Gasteiger partial charge in [-0.3, -0.25) is 4.79 Å². The zero-order valence-corrected chi connectivity index (χ0v) is 12.3. The van der Waals surface area contributed by atoms with Gasteiger partial charge in [0, 0.05) is 11.3 Å². The summed E-state index contributed by atoms with van der Waals surface area (Å²) in [5.74, 6) is -0.0341. The number of nitrogens with one attached hydrogen (secondary N) is 1. The van der Waals surface area contributed by atoms with Crippen molar-refractivity contribution in [3.05, 3.63) is 58.3 Å². The van der Waals surface area contributed by atoms with Gasteiger partial charge in [0.2, 0.25) is 5.91 Å². The summed E-state index contributed by atoms with van der Waals surface area (Å²) in [6, 6.07) is 13.8. The number of carbonyl (C=O) groups excluding carboxylic acids is 1. The lowest BCUT2D eigenvalue weighted by Crippen LogP contribution is -2.29. The van der Waals surface area contributed by atoms with Crippen molar-refractivity contribution in [3.8, 4) is 0 Å². The number of hydrogen-bond donors (Lipinski definition) is 2. The topological polar surface area (TPSA) is 49.3 Å².